The zero-order valence-electron chi connectivity index (χ0n) is 7.57. The van der Waals surface area contributed by atoms with Crippen LogP contribution in [0.15, 0.2) is 24.5 Å². The first-order valence-corrected chi connectivity index (χ1v) is 4.35. The number of imidazole rings is 1. The van der Waals surface area contributed by atoms with E-state index in [0.717, 1.165) is 11.3 Å². The molecule has 3 nitrogen and oxygen atoms in total. The van der Waals surface area contributed by atoms with E-state index in [9.17, 15) is 0 Å². The van der Waals surface area contributed by atoms with Crippen LogP contribution in [0.2, 0.25) is 0 Å². The summed E-state index contributed by atoms with van der Waals surface area (Å²) in [7, 11) is 0. The average molecular weight is 176 g/mol. The molecule has 0 aliphatic heterocycles. The van der Waals surface area contributed by atoms with E-state index >= 15 is 0 Å². The second-order valence-corrected chi connectivity index (χ2v) is 3.15. The summed E-state index contributed by atoms with van der Waals surface area (Å²) >= 11 is 0. The minimum atomic E-state index is 0.146. The molecule has 0 aromatic carbocycles. The highest BCUT2D eigenvalue weighted by atomic mass is 16.3. The molecule has 13 heavy (non-hydrogen) atoms. The van der Waals surface area contributed by atoms with E-state index in [1.165, 1.54) is 5.56 Å². The number of fused-ring (bicyclic) bond motifs is 1. The van der Waals surface area contributed by atoms with Crippen LogP contribution in [0.4, 0.5) is 0 Å². The van der Waals surface area contributed by atoms with Crippen LogP contribution in [0.5, 0.6) is 0 Å². The van der Waals surface area contributed by atoms with Gasteiger partial charge in [-0.05, 0) is 18.6 Å². The minimum Gasteiger partial charge on any atom is -0.396 e. The molecule has 0 atom stereocenters. The van der Waals surface area contributed by atoms with Crippen molar-refractivity contribution in [2.75, 3.05) is 6.61 Å². The maximum Gasteiger partial charge on any atom is 0.115 e. The Bertz CT molecular complexity index is 420. The molecule has 2 heterocycles. The second kappa shape index (κ2) is 3.18. The average Bonchev–Trinajstić information content (AvgIpc) is 2.49. The second-order valence-electron chi connectivity index (χ2n) is 3.15. The van der Waals surface area contributed by atoms with Gasteiger partial charge in [-0.2, -0.15) is 0 Å². The lowest BCUT2D eigenvalue weighted by atomic mass is 10.3. The summed E-state index contributed by atoms with van der Waals surface area (Å²) in [6.07, 6.45) is 4.47. The van der Waals surface area contributed by atoms with Crippen LogP contribution in [0.3, 0.4) is 0 Å². The van der Waals surface area contributed by atoms with Gasteiger partial charge in [-0.15, -0.1) is 0 Å². The van der Waals surface area contributed by atoms with Crippen LogP contribution < -0.4 is 0 Å². The lowest BCUT2D eigenvalue weighted by Crippen LogP contribution is -1.98. The van der Waals surface area contributed by atoms with Gasteiger partial charge in [0.25, 0.3) is 0 Å². The van der Waals surface area contributed by atoms with E-state index in [2.05, 4.69) is 11.1 Å². The molecule has 2 aromatic heterocycles. The largest absolute Gasteiger partial charge is 0.396 e. The van der Waals surface area contributed by atoms with Crippen molar-refractivity contribution in [3.05, 3.63) is 35.9 Å². The quantitative estimate of drug-likeness (QED) is 0.746. The summed E-state index contributed by atoms with van der Waals surface area (Å²) in [6, 6.07) is 4.09. The van der Waals surface area contributed by atoms with Gasteiger partial charge in [-0.1, -0.05) is 6.07 Å². The number of aromatic nitrogens is 2. The number of hydrogen-bond acceptors (Lipinski definition) is 2. The van der Waals surface area contributed by atoms with Gasteiger partial charge >= 0.3 is 0 Å². The third-order valence-electron chi connectivity index (χ3n) is 2.09. The van der Waals surface area contributed by atoms with E-state index in [4.69, 9.17) is 5.11 Å². The number of aliphatic hydroxyl groups excluding tert-OH is 1. The molecular weight excluding hydrogens is 164 g/mol. The van der Waals surface area contributed by atoms with Gasteiger partial charge in [0.1, 0.15) is 5.82 Å². The summed E-state index contributed by atoms with van der Waals surface area (Å²) in [5.41, 5.74) is 2.28. The zero-order chi connectivity index (χ0) is 9.26. The third-order valence-corrected chi connectivity index (χ3v) is 2.09. The fourth-order valence-corrected chi connectivity index (χ4v) is 1.43. The molecule has 2 rings (SSSR count). The highest BCUT2D eigenvalue weighted by molar-refractivity contribution is 5.46. The normalized spacial score (nSPS) is 10.9. The van der Waals surface area contributed by atoms with E-state index in [1.54, 1.807) is 0 Å². The highest BCUT2D eigenvalue weighted by Gasteiger charge is 2.01. The first-order valence-electron chi connectivity index (χ1n) is 4.35. The maximum atomic E-state index is 8.81. The molecule has 0 spiro atoms. The number of aryl methyl sites for hydroxylation is 1. The topological polar surface area (TPSA) is 37.5 Å². The summed E-state index contributed by atoms with van der Waals surface area (Å²) in [5, 5.41) is 8.81. The van der Waals surface area contributed by atoms with Gasteiger partial charge in [0, 0.05) is 12.6 Å². The summed E-state index contributed by atoms with van der Waals surface area (Å²) in [4.78, 5) is 4.23. The fourth-order valence-electron chi connectivity index (χ4n) is 1.43. The molecule has 0 bridgehead atoms. The SMILES string of the molecule is Cc1ccc2cnc(CCO)n2c1. The van der Waals surface area contributed by atoms with Crippen molar-refractivity contribution in [1.29, 1.82) is 0 Å². The number of pyridine rings is 1. The van der Waals surface area contributed by atoms with Crippen molar-refractivity contribution in [2.24, 2.45) is 0 Å². The molecule has 0 unspecified atom stereocenters. The smallest absolute Gasteiger partial charge is 0.115 e. The van der Waals surface area contributed by atoms with E-state index in [0.29, 0.717) is 6.42 Å². The van der Waals surface area contributed by atoms with Crippen molar-refractivity contribution in [1.82, 2.24) is 9.38 Å². The molecule has 68 valence electrons. The fraction of sp³-hybridized carbons (Fsp3) is 0.300. The molecule has 0 saturated carbocycles. The van der Waals surface area contributed by atoms with Crippen molar-refractivity contribution < 1.29 is 5.11 Å². The zero-order valence-corrected chi connectivity index (χ0v) is 7.57. The van der Waals surface area contributed by atoms with Crippen LogP contribution in [0.25, 0.3) is 5.52 Å². The van der Waals surface area contributed by atoms with Crippen LogP contribution in [0, 0.1) is 6.92 Å². The summed E-state index contributed by atoms with van der Waals surface area (Å²) in [6.45, 7) is 2.19. The Kier molecular flexibility index (Phi) is 2.02. The van der Waals surface area contributed by atoms with Crippen LogP contribution in [-0.4, -0.2) is 21.1 Å². The van der Waals surface area contributed by atoms with Gasteiger partial charge in [-0.3, -0.25) is 0 Å². The van der Waals surface area contributed by atoms with E-state index < -0.39 is 0 Å². The van der Waals surface area contributed by atoms with Crippen molar-refractivity contribution in [3.63, 3.8) is 0 Å². The first-order chi connectivity index (χ1) is 6.31. The van der Waals surface area contributed by atoms with Crippen LogP contribution >= 0.6 is 0 Å². The monoisotopic (exact) mass is 176 g/mol. The molecular formula is C10H12N2O. The van der Waals surface area contributed by atoms with Crippen LogP contribution in [0.1, 0.15) is 11.4 Å². The standard InChI is InChI=1S/C10H12N2O/c1-8-2-3-9-6-11-10(4-5-13)12(9)7-8/h2-3,6-7,13H,4-5H2,1H3. The predicted octanol–water partition coefficient (Wildman–Crippen LogP) is 1.18. The highest BCUT2D eigenvalue weighted by Crippen LogP contribution is 2.08. The number of aliphatic hydroxyl groups is 1. The number of hydrogen-bond donors (Lipinski definition) is 1. The van der Waals surface area contributed by atoms with Crippen molar-refractivity contribution >= 4 is 5.52 Å². The molecule has 0 saturated heterocycles. The molecule has 0 fully saturated rings. The van der Waals surface area contributed by atoms with E-state index in [-0.39, 0.29) is 6.61 Å². The summed E-state index contributed by atoms with van der Waals surface area (Å²) < 4.78 is 2.02. The number of rotatable bonds is 2. The Balaban J connectivity index is 2.58. The maximum absolute atomic E-state index is 8.81. The van der Waals surface area contributed by atoms with Gasteiger partial charge in [-0.25, -0.2) is 4.98 Å². The molecule has 0 amide bonds. The summed E-state index contributed by atoms with van der Waals surface area (Å²) in [5.74, 6) is 0.918. The lowest BCUT2D eigenvalue weighted by molar-refractivity contribution is 0.296. The van der Waals surface area contributed by atoms with Gasteiger partial charge in [0.2, 0.25) is 0 Å². The molecule has 1 N–H and O–H groups in total. The molecule has 0 radical (unpaired) electrons. The molecule has 0 aliphatic rings. The Morgan fingerprint density at radius 3 is 3.08 bits per heavy atom. The Labute approximate surface area is 76.7 Å². The first kappa shape index (κ1) is 8.26. The third kappa shape index (κ3) is 1.42. The molecule has 3 heteroatoms. The Morgan fingerprint density at radius 2 is 2.31 bits per heavy atom. The Morgan fingerprint density at radius 1 is 1.46 bits per heavy atom. The van der Waals surface area contributed by atoms with Crippen molar-refractivity contribution in [3.8, 4) is 0 Å². The predicted molar refractivity (Wildman–Crippen MR) is 50.7 cm³/mol. The number of nitrogens with zero attached hydrogens (tertiary/aromatic N) is 2. The Hall–Kier alpha value is -1.35. The molecule has 0 aliphatic carbocycles. The van der Waals surface area contributed by atoms with Gasteiger partial charge in [0.15, 0.2) is 0 Å². The lowest BCUT2D eigenvalue weighted by Gasteiger charge is -1.99. The van der Waals surface area contributed by atoms with Crippen molar-refractivity contribution in [2.45, 2.75) is 13.3 Å². The minimum absolute atomic E-state index is 0.146. The van der Waals surface area contributed by atoms with Gasteiger partial charge in [0.05, 0.1) is 18.3 Å². The van der Waals surface area contributed by atoms with Crippen LogP contribution in [-0.2, 0) is 6.42 Å². The van der Waals surface area contributed by atoms with Gasteiger partial charge < -0.3 is 9.51 Å². The molecule has 2 aromatic rings. The van der Waals surface area contributed by atoms with E-state index in [1.807, 2.05) is 29.8 Å².